The molecule has 1 atom stereocenters. The summed E-state index contributed by atoms with van der Waals surface area (Å²) in [5, 5.41) is 12.8. The van der Waals surface area contributed by atoms with Crippen LogP contribution >= 0.6 is 23.0 Å². The van der Waals surface area contributed by atoms with Crippen molar-refractivity contribution in [3.05, 3.63) is 53.6 Å². The summed E-state index contributed by atoms with van der Waals surface area (Å²) in [7, 11) is 3.27. The van der Waals surface area contributed by atoms with Crippen molar-refractivity contribution in [1.82, 2.24) is 5.32 Å². The number of benzene rings is 2. The Morgan fingerprint density at radius 2 is 1.75 bits per heavy atom. The first-order valence-corrected chi connectivity index (χ1v) is 8.54. The van der Waals surface area contributed by atoms with Crippen molar-refractivity contribution in [1.29, 1.82) is 0 Å². The molecule has 2 aromatic rings. The molecule has 0 saturated carbocycles. The van der Waals surface area contributed by atoms with Crippen LogP contribution in [0, 0.1) is 0 Å². The molecule has 1 unspecified atom stereocenters. The van der Waals surface area contributed by atoms with Gasteiger partial charge in [0.25, 0.3) is 0 Å². The molecular formula is C18H22INO4. The lowest BCUT2D eigenvalue weighted by atomic mass is 10.1. The van der Waals surface area contributed by atoms with Gasteiger partial charge in [-0.1, -0.05) is 18.2 Å². The number of aromatic hydroxyl groups is 1. The molecule has 0 fully saturated rings. The lowest BCUT2D eigenvalue weighted by Crippen LogP contribution is -2.24. The molecule has 0 aliphatic heterocycles. The van der Waals surface area contributed by atoms with Crippen LogP contribution in [0.1, 0.15) is 17.2 Å². The number of hydrogen-bond acceptors (Lipinski definition) is 5. The third kappa shape index (κ3) is 5.25. The highest BCUT2D eigenvalue weighted by Crippen LogP contribution is 2.27. The predicted molar refractivity (Wildman–Crippen MR) is 102 cm³/mol. The molecule has 0 aliphatic carbocycles. The highest BCUT2D eigenvalue weighted by molar-refractivity contribution is 14.1. The Morgan fingerprint density at radius 1 is 1.04 bits per heavy atom. The molecule has 2 aromatic carbocycles. The van der Waals surface area contributed by atoms with Crippen LogP contribution < -0.4 is 14.8 Å². The van der Waals surface area contributed by atoms with Crippen molar-refractivity contribution in [2.45, 2.75) is 12.5 Å². The van der Waals surface area contributed by atoms with E-state index in [2.05, 4.69) is 5.32 Å². The number of halogens is 1. The zero-order valence-electron chi connectivity index (χ0n) is 13.8. The van der Waals surface area contributed by atoms with Gasteiger partial charge in [-0.25, -0.2) is 0 Å². The summed E-state index contributed by atoms with van der Waals surface area (Å²) < 4.78 is 16.0. The average molecular weight is 443 g/mol. The maximum Gasteiger partial charge on any atom is 0.160 e. The monoisotopic (exact) mass is 443 g/mol. The maximum atomic E-state index is 9.35. The molecule has 24 heavy (non-hydrogen) atoms. The van der Waals surface area contributed by atoms with Crippen LogP contribution in [0.15, 0.2) is 42.5 Å². The van der Waals surface area contributed by atoms with Gasteiger partial charge in [-0.05, 0) is 48.4 Å². The van der Waals surface area contributed by atoms with Gasteiger partial charge in [-0.15, -0.1) is 0 Å². The van der Waals surface area contributed by atoms with E-state index in [-0.39, 0.29) is 11.9 Å². The van der Waals surface area contributed by atoms with Crippen LogP contribution in [0.2, 0.25) is 0 Å². The van der Waals surface area contributed by atoms with Crippen LogP contribution in [-0.2, 0) is 9.49 Å². The summed E-state index contributed by atoms with van der Waals surface area (Å²) in [4.78, 5) is 0. The first-order valence-electron chi connectivity index (χ1n) is 7.66. The van der Waals surface area contributed by atoms with E-state index in [0.29, 0.717) is 6.54 Å². The molecule has 0 radical (unpaired) electrons. The highest BCUT2D eigenvalue weighted by atomic mass is 127. The molecule has 0 aliphatic rings. The Hall–Kier alpha value is -1.51. The van der Waals surface area contributed by atoms with Crippen molar-refractivity contribution in [2.24, 2.45) is 0 Å². The summed E-state index contributed by atoms with van der Waals surface area (Å²) in [6, 6.07) is 13.0. The summed E-state index contributed by atoms with van der Waals surface area (Å²) in [6.45, 7) is 1.52. The number of hydrogen-bond donors (Lipinski definition) is 2. The topological polar surface area (TPSA) is 60.0 Å². The van der Waals surface area contributed by atoms with E-state index in [1.807, 2.05) is 53.3 Å². The zero-order valence-corrected chi connectivity index (χ0v) is 15.9. The van der Waals surface area contributed by atoms with E-state index in [9.17, 15) is 5.11 Å². The first kappa shape index (κ1) is 18.8. The molecular weight excluding hydrogens is 421 g/mol. The second-order valence-electron chi connectivity index (χ2n) is 5.31. The minimum Gasteiger partial charge on any atom is -0.508 e. The minimum absolute atomic E-state index is 0.0587. The molecule has 0 spiro atoms. The standard InChI is InChI=1S/C18H22INO4/c1-22-16-8-3-13(11-17(16)23-2)9-10-20-12-18(24-19)14-4-6-15(21)7-5-14/h3-8,11,18,20-21H,9-10,12H2,1-2H3. The SMILES string of the molecule is COc1ccc(CCNCC(OI)c2ccc(O)cc2)cc1OC. The van der Waals surface area contributed by atoms with Gasteiger partial charge in [-0.3, -0.25) is 0 Å². The molecule has 2 N–H and O–H groups in total. The number of methoxy groups -OCH3 is 2. The van der Waals surface area contributed by atoms with E-state index in [1.165, 1.54) is 5.56 Å². The van der Waals surface area contributed by atoms with Crippen LogP contribution in [0.5, 0.6) is 17.2 Å². The summed E-state index contributed by atoms with van der Waals surface area (Å²) in [6.07, 6.45) is 0.820. The van der Waals surface area contributed by atoms with Gasteiger partial charge < -0.3 is 23.0 Å². The van der Waals surface area contributed by atoms with E-state index in [4.69, 9.17) is 12.5 Å². The van der Waals surface area contributed by atoms with E-state index in [1.54, 1.807) is 26.4 Å². The molecule has 6 heteroatoms. The van der Waals surface area contributed by atoms with E-state index >= 15 is 0 Å². The van der Waals surface area contributed by atoms with Crippen LogP contribution in [-0.4, -0.2) is 32.4 Å². The Morgan fingerprint density at radius 3 is 2.38 bits per heavy atom. The van der Waals surface area contributed by atoms with Gasteiger partial charge in [0.05, 0.1) is 14.2 Å². The van der Waals surface area contributed by atoms with Crippen molar-refractivity contribution in [3.63, 3.8) is 0 Å². The molecule has 0 heterocycles. The van der Waals surface area contributed by atoms with Crippen LogP contribution in [0.3, 0.4) is 0 Å². The van der Waals surface area contributed by atoms with Crippen molar-refractivity contribution >= 4 is 23.0 Å². The maximum absolute atomic E-state index is 9.35. The van der Waals surface area contributed by atoms with Gasteiger partial charge in [0.1, 0.15) is 34.9 Å². The zero-order chi connectivity index (χ0) is 17.4. The Kier molecular flexibility index (Phi) is 7.61. The van der Waals surface area contributed by atoms with Crippen LogP contribution in [0.25, 0.3) is 0 Å². The Bertz CT molecular complexity index is 633. The largest absolute Gasteiger partial charge is 0.508 e. The quantitative estimate of drug-likeness (QED) is 0.458. The Labute approximate surface area is 156 Å². The third-order valence-corrected chi connectivity index (χ3v) is 4.35. The molecule has 0 saturated heterocycles. The number of phenolic OH excluding ortho intramolecular Hbond substituents is 1. The molecule has 0 bridgehead atoms. The van der Waals surface area contributed by atoms with Gasteiger partial charge in [0.2, 0.25) is 0 Å². The smallest absolute Gasteiger partial charge is 0.160 e. The van der Waals surface area contributed by atoms with E-state index in [0.717, 1.165) is 30.0 Å². The number of nitrogens with one attached hydrogen (secondary N) is 1. The van der Waals surface area contributed by atoms with Gasteiger partial charge >= 0.3 is 0 Å². The lowest BCUT2D eigenvalue weighted by molar-refractivity contribution is 0.281. The molecule has 0 aromatic heterocycles. The molecule has 0 amide bonds. The number of phenols is 1. The molecule has 130 valence electrons. The Balaban J connectivity index is 1.84. The van der Waals surface area contributed by atoms with Gasteiger partial charge in [-0.2, -0.15) is 0 Å². The van der Waals surface area contributed by atoms with Crippen molar-refractivity contribution in [3.8, 4) is 17.2 Å². The second kappa shape index (κ2) is 9.71. The first-order chi connectivity index (χ1) is 11.7. The van der Waals surface area contributed by atoms with Crippen molar-refractivity contribution < 1.29 is 17.6 Å². The summed E-state index contributed by atoms with van der Waals surface area (Å²) >= 11 is 1.91. The summed E-state index contributed by atoms with van der Waals surface area (Å²) in [5.41, 5.74) is 2.21. The number of rotatable bonds is 9. The molecule has 5 nitrogen and oxygen atoms in total. The van der Waals surface area contributed by atoms with Gasteiger partial charge in [0.15, 0.2) is 11.5 Å². The molecule has 2 rings (SSSR count). The second-order valence-corrected chi connectivity index (χ2v) is 5.82. The van der Waals surface area contributed by atoms with Gasteiger partial charge in [0, 0.05) is 6.54 Å². The average Bonchev–Trinajstić information content (AvgIpc) is 2.62. The van der Waals surface area contributed by atoms with Crippen LogP contribution in [0.4, 0.5) is 0 Å². The highest BCUT2D eigenvalue weighted by Gasteiger charge is 2.11. The van der Waals surface area contributed by atoms with Crippen molar-refractivity contribution in [2.75, 3.05) is 27.3 Å². The number of ether oxygens (including phenoxy) is 2. The third-order valence-electron chi connectivity index (χ3n) is 3.74. The lowest BCUT2D eigenvalue weighted by Gasteiger charge is -2.15. The fraction of sp³-hybridized carbons (Fsp3) is 0.333. The fourth-order valence-corrected chi connectivity index (χ4v) is 2.87. The fourth-order valence-electron chi connectivity index (χ4n) is 2.39. The minimum atomic E-state index is -0.0587. The summed E-state index contributed by atoms with van der Waals surface area (Å²) in [5.74, 6) is 1.74. The predicted octanol–water partition coefficient (Wildman–Crippen LogP) is 3.65. The van der Waals surface area contributed by atoms with E-state index < -0.39 is 0 Å². The normalized spacial score (nSPS) is 12.0.